The molecular weight excluding hydrogens is 815 g/mol. The van der Waals surface area contributed by atoms with E-state index in [1.807, 2.05) is 64.6 Å². The number of carbonyl (C=O) groups excluding carboxylic acids is 4. The number of esters is 2. The molecule has 10 rings (SSSR count). The maximum atomic E-state index is 15.5. The highest BCUT2D eigenvalue weighted by molar-refractivity contribution is 6.15. The first-order valence-corrected chi connectivity index (χ1v) is 22.7. The fourth-order valence-corrected chi connectivity index (χ4v) is 11.7. The molecule has 3 saturated carbocycles. The van der Waals surface area contributed by atoms with E-state index in [0.717, 1.165) is 12.0 Å². The number of ketones is 1. The van der Waals surface area contributed by atoms with Gasteiger partial charge in [-0.1, -0.05) is 29.4 Å². The second kappa shape index (κ2) is 15.7. The van der Waals surface area contributed by atoms with E-state index in [-0.39, 0.29) is 29.8 Å². The van der Waals surface area contributed by atoms with Gasteiger partial charge in [0.2, 0.25) is 11.9 Å². The molecule has 7 unspecified atom stereocenters. The van der Waals surface area contributed by atoms with Crippen LogP contribution in [0.15, 0.2) is 58.4 Å². The Labute approximate surface area is 375 Å². The first-order valence-electron chi connectivity index (χ1n) is 22.7. The number of imidazole rings is 1. The van der Waals surface area contributed by atoms with Crippen molar-refractivity contribution in [3.05, 3.63) is 70.1 Å². The molecule has 2 saturated heterocycles. The molecule has 1 aromatic heterocycles. The number of rotatable bonds is 11. The number of hydrogen-bond acceptors (Lipinski definition) is 12. The minimum atomic E-state index is -1.55. The van der Waals surface area contributed by atoms with Crippen molar-refractivity contribution < 1.29 is 42.9 Å². The lowest BCUT2D eigenvalue weighted by Crippen LogP contribution is -2.79. The van der Waals surface area contributed by atoms with Crippen LogP contribution in [0.4, 0.5) is 5.95 Å². The SMILES string of the molecule is COC(=O)C(C)=CCC12OC(C)(C)C3CC(C1=O)C1C4C(=Nc5nccn51)c1c(OC(=O)CC(=O)N5CCN(C)CC5)c5c(c(CC=C(C)C)c1OC432)OC(C)(CCC=C(C)C)C=C5. The predicted molar refractivity (Wildman–Crippen MR) is 240 cm³/mol. The summed E-state index contributed by atoms with van der Waals surface area (Å²) in [4.78, 5) is 70.3. The number of aromatic nitrogens is 2. The Balaban J connectivity index is 1.30. The van der Waals surface area contributed by atoms with Crippen LogP contribution in [0.2, 0.25) is 0 Å². The highest BCUT2D eigenvalue weighted by Gasteiger charge is 2.85. The van der Waals surface area contributed by atoms with Crippen molar-refractivity contribution in [1.82, 2.24) is 19.4 Å². The molecule has 1 spiro atoms. The average Bonchev–Trinajstić information content (AvgIpc) is 3.77. The summed E-state index contributed by atoms with van der Waals surface area (Å²) in [6, 6.07) is -0.456. The van der Waals surface area contributed by atoms with Crippen LogP contribution in [0.3, 0.4) is 0 Å². The quantitative estimate of drug-likeness (QED) is 0.0750. The number of fused-ring (bicyclic) bond motifs is 4. The number of aliphatic imine (C=N–C) groups is 1. The van der Waals surface area contributed by atoms with Gasteiger partial charge in [-0.15, -0.1) is 0 Å². The predicted octanol–water partition coefficient (Wildman–Crippen LogP) is 7.07. The van der Waals surface area contributed by atoms with E-state index >= 15 is 4.79 Å². The van der Waals surface area contributed by atoms with Crippen LogP contribution in [0.1, 0.15) is 110 Å². The van der Waals surface area contributed by atoms with E-state index in [2.05, 4.69) is 30.9 Å². The Bertz CT molecular complexity index is 2500. The molecule has 0 radical (unpaired) electrons. The lowest BCUT2D eigenvalue weighted by molar-refractivity contribution is -0.206. The van der Waals surface area contributed by atoms with Crippen LogP contribution in [0.25, 0.3) is 6.08 Å². The summed E-state index contributed by atoms with van der Waals surface area (Å²) < 4.78 is 35.8. The van der Waals surface area contributed by atoms with Crippen molar-refractivity contribution in [2.45, 2.75) is 122 Å². The van der Waals surface area contributed by atoms with Gasteiger partial charge in [0.1, 0.15) is 23.5 Å². The third kappa shape index (κ3) is 6.72. The van der Waals surface area contributed by atoms with Crippen molar-refractivity contribution in [2.24, 2.45) is 22.7 Å². The topological polar surface area (TPSA) is 151 Å². The fraction of sp³-hybridized carbons (Fsp3) is 0.560. The number of hydrogen-bond donors (Lipinski definition) is 0. The molecule has 2 aromatic rings. The molecule has 64 heavy (non-hydrogen) atoms. The van der Waals surface area contributed by atoms with Crippen LogP contribution in [0.5, 0.6) is 17.2 Å². The lowest BCUT2D eigenvalue weighted by atomic mass is 9.44. The lowest BCUT2D eigenvalue weighted by Gasteiger charge is -2.64. The van der Waals surface area contributed by atoms with E-state index in [1.54, 1.807) is 24.1 Å². The number of carbonyl (C=O) groups is 4. The van der Waals surface area contributed by atoms with Gasteiger partial charge in [-0.25, -0.2) is 14.8 Å². The molecule has 7 atom stereocenters. The summed E-state index contributed by atoms with van der Waals surface area (Å²) in [7, 11) is 3.34. The van der Waals surface area contributed by atoms with Crippen LogP contribution < -0.4 is 14.2 Å². The number of ether oxygens (including phenoxy) is 5. The minimum absolute atomic E-state index is 0.0536. The Morgan fingerprint density at radius 3 is 2.41 bits per heavy atom. The molecule has 6 heterocycles. The van der Waals surface area contributed by atoms with E-state index in [1.165, 1.54) is 12.7 Å². The van der Waals surface area contributed by atoms with Crippen LogP contribution in [-0.4, -0.2) is 111 Å². The van der Waals surface area contributed by atoms with Crippen molar-refractivity contribution in [1.29, 1.82) is 0 Å². The van der Waals surface area contributed by atoms with Gasteiger partial charge in [-0.2, -0.15) is 0 Å². The van der Waals surface area contributed by atoms with E-state index in [4.69, 9.17) is 33.7 Å². The van der Waals surface area contributed by atoms with Gasteiger partial charge < -0.3 is 38.1 Å². The molecule has 3 aliphatic carbocycles. The Kier molecular flexibility index (Phi) is 10.8. The third-order valence-corrected chi connectivity index (χ3v) is 14.8. The van der Waals surface area contributed by atoms with Gasteiger partial charge in [0.15, 0.2) is 22.7 Å². The number of piperazine rings is 1. The third-order valence-electron chi connectivity index (χ3n) is 14.8. The molecule has 8 aliphatic rings. The normalized spacial score (nSPS) is 30.2. The molecule has 1 aromatic carbocycles. The molecule has 5 fully saturated rings. The van der Waals surface area contributed by atoms with Gasteiger partial charge in [0.05, 0.1) is 41.5 Å². The molecule has 14 heteroatoms. The van der Waals surface area contributed by atoms with Crippen molar-refractivity contribution in [2.75, 3.05) is 40.3 Å². The molecular formula is C50H61N5O9. The Morgan fingerprint density at radius 2 is 1.70 bits per heavy atom. The number of allylic oxidation sites excluding steroid dienone is 4. The highest BCUT2D eigenvalue weighted by Crippen LogP contribution is 2.73. The molecule has 14 nitrogen and oxygen atoms in total. The standard InChI is InChI=1S/C50H61N5O9/c1-28(2)12-11-17-48(8)18-16-32-41(62-48)31(14-13-29(3)4)43-37(42(32)61-36(57)27-35(56)54-24-22-53(9)23-25-54)39-38-40(55-21-20-51-46(55)52-39)33-26-34-47(6,7)64-49(44(33)58,50(34,38)63-43)19-15-30(5)45(59)60-10/h12-13,15-16,18,20-21,33-34,38,40H,11,14,17,19,22-27H2,1-10H3. The second-order valence-corrected chi connectivity index (χ2v) is 20.0. The van der Waals surface area contributed by atoms with Crippen molar-refractivity contribution in [3.8, 4) is 17.2 Å². The van der Waals surface area contributed by atoms with Crippen LogP contribution in [-0.2, 0) is 35.1 Å². The maximum Gasteiger partial charge on any atom is 0.333 e. The van der Waals surface area contributed by atoms with Gasteiger partial charge in [0.25, 0.3) is 0 Å². The Hall–Kier alpha value is -5.34. The van der Waals surface area contributed by atoms with Gasteiger partial charge in [-0.3, -0.25) is 14.4 Å². The Morgan fingerprint density at radius 1 is 0.969 bits per heavy atom. The summed E-state index contributed by atoms with van der Waals surface area (Å²) in [6.07, 6.45) is 15.5. The summed E-state index contributed by atoms with van der Waals surface area (Å²) in [5.41, 5.74) is 0.435. The zero-order valence-corrected chi connectivity index (χ0v) is 38.8. The van der Waals surface area contributed by atoms with Gasteiger partial charge in [-0.05, 0) is 100 Å². The maximum absolute atomic E-state index is 15.5. The number of likely N-dealkylation sites (N-methyl/N-ethyl adjacent to an activating group) is 1. The second-order valence-electron chi connectivity index (χ2n) is 20.0. The van der Waals surface area contributed by atoms with E-state index < -0.39 is 58.6 Å². The molecule has 5 aliphatic heterocycles. The summed E-state index contributed by atoms with van der Waals surface area (Å²) >= 11 is 0. The summed E-state index contributed by atoms with van der Waals surface area (Å²) in [6.45, 7) is 18.4. The molecule has 340 valence electrons. The number of Topliss-reactive ketones (excluding diaryl/α,β-unsaturated/α-hetero) is 1. The van der Waals surface area contributed by atoms with E-state index in [9.17, 15) is 14.4 Å². The zero-order chi connectivity index (χ0) is 45.7. The van der Waals surface area contributed by atoms with E-state index in [0.29, 0.717) is 90.9 Å². The largest absolute Gasteiger partial charge is 0.482 e. The van der Waals surface area contributed by atoms with Gasteiger partial charge in [0, 0.05) is 68.0 Å². The smallest absolute Gasteiger partial charge is 0.333 e. The number of benzene rings is 1. The highest BCUT2D eigenvalue weighted by atomic mass is 16.6. The minimum Gasteiger partial charge on any atom is -0.482 e. The number of nitrogens with zero attached hydrogens (tertiary/aromatic N) is 5. The average molecular weight is 876 g/mol. The number of methoxy groups -OCH3 is 1. The van der Waals surface area contributed by atoms with Crippen LogP contribution in [0, 0.1) is 17.8 Å². The first-order chi connectivity index (χ1) is 30.3. The summed E-state index contributed by atoms with van der Waals surface area (Å²) in [5.74, 6) is -1.54. The van der Waals surface area contributed by atoms with Gasteiger partial charge >= 0.3 is 11.9 Å². The molecule has 4 bridgehead atoms. The van der Waals surface area contributed by atoms with Crippen molar-refractivity contribution >= 4 is 41.4 Å². The van der Waals surface area contributed by atoms with Crippen LogP contribution >= 0.6 is 0 Å². The molecule has 1 amide bonds. The van der Waals surface area contributed by atoms with Crippen molar-refractivity contribution in [3.63, 3.8) is 0 Å². The fourth-order valence-electron chi connectivity index (χ4n) is 11.7. The summed E-state index contributed by atoms with van der Waals surface area (Å²) in [5, 5.41) is 0. The molecule has 0 N–H and O–H groups in total. The number of amides is 1. The first kappa shape index (κ1) is 43.9. The monoisotopic (exact) mass is 875 g/mol. The zero-order valence-electron chi connectivity index (χ0n) is 38.8.